The number of nitrogens with one attached hydrogen (secondary N) is 1. The maximum atomic E-state index is 13.0. The van der Waals surface area contributed by atoms with Crippen molar-refractivity contribution in [3.63, 3.8) is 0 Å². The molecule has 0 spiro atoms. The zero-order valence-corrected chi connectivity index (χ0v) is 16.5. The molecule has 1 N–H and O–H groups in total. The standard InChI is InChI=1S/C19H19BrN2O3S/c1-2-10-21-19(23)14-5-3-7-16(12-14)26(24,25)22-11-9-17-15(13-22)6-4-8-18(17)20/h2-8,12H,1,9-11,13H2,(H,21,23). The van der Waals surface area contributed by atoms with Gasteiger partial charge in [0.15, 0.2) is 0 Å². The lowest BCUT2D eigenvalue weighted by Gasteiger charge is -2.28. The summed E-state index contributed by atoms with van der Waals surface area (Å²) in [6.07, 6.45) is 2.22. The molecule has 0 saturated heterocycles. The van der Waals surface area contributed by atoms with Gasteiger partial charge in [-0.15, -0.1) is 6.58 Å². The summed E-state index contributed by atoms with van der Waals surface area (Å²) in [7, 11) is -3.68. The summed E-state index contributed by atoms with van der Waals surface area (Å²) in [5, 5.41) is 2.66. The van der Waals surface area contributed by atoms with E-state index in [2.05, 4.69) is 27.8 Å². The van der Waals surface area contributed by atoms with Crippen LogP contribution in [0.25, 0.3) is 0 Å². The Bertz CT molecular complexity index is 957. The van der Waals surface area contributed by atoms with E-state index in [-0.39, 0.29) is 10.8 Å². The fraction of sp³-hybridized carbons (Fsp3) is 0.211. The normalized spacial score (nSPS) is 14.5. The molecular weight excluding hydrogens is 416 g/mol. The minimum atomic E-state index is -3.68. The van der Waals surface area contributed by atoms with Crippen LogP contribution < -0.4 is 5.32 Å². The number of hydrogen-bond acceptors (Lipinski definition) is 3. The molecule has 0 radical (unpaired) electrons. The van der Waals surface area contributed by atoms with Crippen LogP contribution in [0.2, 0.25) is 0 Å². The first-order valence-electron chi connectivity index (χ1n) is 8.19. The molecule has 0 saturated carbocycles. The van der Waals surface area contributed by atoms with Crippen LogP contribution in [0.15, 0.2) is 64.5 Å². The highest BCUT2D eigenvalue weighted by atomic mass is 79.9. The molecule has 1 amide bonds. The SMILES string of the molecule is C=CCNC(=O)c1cccc(S(=O)(=O)N2CCc3c(Br)cccc3C2)c1. The number of nitrogens with zero attached hydrogens (tertiary/aromatic N) is 1. The van der Waals surface area contributed by atoms with Crippen molar-refractivity contribution in [2.75, 3.05) is 13.1 Å². The van der Waals surface area contributed by atoms with Crippen LogP contribution >= 0.6 is 15.9 Å². The molecular formula is C19H19BrN2O3S. The second-order valence-corrected chi connectivity index (χ2v) is 8.78. The van der Waals surface area contributed by atoms with Crippen molar-refractivity contribution in [3.8, 4) is 0 Å². The van der Waals surface area contributed by atoms with Gasteiger partial charge < -0.3 is 5.32 Å². The van der Waals surface area contributed by atoms with Gasteiger partial charge in [0, 0.05) is 29.7 Å². The van der Waals surface area contributed by atoms with Gasteiger partial charge in [0.25, 0.3) is 5.91 Å². The van der Waals surface area contributed by atoms with Crippen molar-refractivity contribution in [3.05, 3.63) is 76.3 Å². The van der Waals surface area contributed by atoms with E-state index in [4.69, 9.17) is 0 Å². The van der Waals surface area contributed by atoms with Crippen molar-refractivity contribution < 1.29 is 13.2 Å². The number of hydrogen-bond donors (Lipinski definition) is 1. The lowest BCUT2D eigenvalue weighted by molar-refractivity contribution is 0.0958. The fourth-order valence-corrected chi connectivity index (χ4v) is 5.03. The third-order valence-electron chi connectivity index (χ3n) is 4.31. The van der Waals surface area contributed by atoms with Crippen molar-refractivity contribution in [1.29, 1.82) is 0 Å². The van der Waals surface area contributed by atoms with Crippen molar-refractivity contribution in [1.82, 2.24) is 9.62 Å². The topological polar surface area (TPSA) is 66.5 Å². The molecule has 3 rings (SSSR count). The van der Waals surface area contributed by atoms with Crippen molar-refractivity contribution >= 4 is 31.9 Å². The average molecular weight is 435 g/mol. The quantitative estimate of drug-likeness (QED) is 0.735. The van der Waals surface area contributed by atoms with E-state index >= 15 is 0 Å². The fourth-order valence-electron chi connectivity index (χ4n) is 2.96. The Morgan fingerprint density at radius 3 is 2.81 bits per heavy atom. The van der Waals surface area contributed by atoms with E-state index in [9.17, 15) is 13.2 Å². The summed E-state index contributed by atoms with van der Waals surface area (Å²) in [5.41, 5.74) is 2.46. The first-order chi connectivity index (χ1) is 12.4. The number of benzene rings is 2. The Hall–Kier alpha value is -1.96. The minimum Gasteiger partial charge on any atom is -0.349 e. The number of carbonyl (C=O) groups excluding carboxylic acids is 1. The van der Waals surface area contributed by atoms with Crippen LogP contribution in [-0.2, 0) is 23.0 Å². The molecule has 1 aliphatic rings. The Morgan fingerprint density at radius 1 is 1.27 bits per heavy atom. The van der Waals surface area contributed by atoms with Crippen LogP contribution in [0.1, 0.15) is 21.5 Å². The summed E-state index contributed by atoms with van der Waals surface area (Å²) in [6, 6.07) is 11.9. The van der Waals surface area contributed by atoms with Crippen molar-refractivity contribution in [2.24, 2.45) is 0 Å². The zero-order chi connectivity index (χ0) is 18.7. The maximum absolute atomic E-state index is 13.0. The van der Waals surface area contributed by atoms with E-state index in [1.54, 1.807) is 18.2 Å². The van der Waals surface area contributed by atoms with Gasteiger partial charge in [-0.3, -0.25) is 4.79 Å². The molecule has 2 aromatic carbocycles. The second kappa shape index (κ2) is 7.73. The smallest absolute Gasteiger partial charge is 0.251 e. The lowest BCUT2D eigenvalue weighted by atomic mass is 10.0. The first-order valence-corrected chi connectivity index (χ1v) is 10.4. The molecule has 0 aliphatic carbocycles. The summed E-state index contributed by atoms with van der Waals surface area (Å²) in [6.45, 7) is 4.61. The van der Waals surface area contributed by atoms with Gasteiger partial charge in [0.2, 0.25) is 10.0 Å². The third-order valence-corrected chi connectivity index (χ3v) is 6.90. The van der Waals surface area contributed by atoms with E-state index in [0.717, 1.165) is 15.6 Å². The summed E-state index contributed by atoms with van der Waals surface area (Å²) in [4.78, 5) is 12.2. The van der Waals surface area contributed by atoms with Gasteiger partial charge in [0.05, 0.1) is 4.90 Å². The molecule has 0 fully saturated rings. The number of amides is 1. The minimum absolute atomic E-state index is 0.127. The number of fused-ring (bicyclic) bond motifs is 1. The van der Waals surface area contributed by atoms with Crippen LogP contribution in [-0.4, -0.2) is 31.7 Å². The second-order valence-electron chi connectivity index (χ2n) is 5.99. The predicted molar refractivity (Wildman–Crippen MR) is 104 cm³/mol. The number of rotatable bonds is 5. The van der Waals surface area contributed by atoms with Crippen LogP contribution in [0.4, 0.5) is 0 Å². The van der Waals surface area contributed by atoms with Crippen LogP contribution in [0, 0.1) is 0 Å². The molecule has 136 valence electrons. The maximum Gasteiger partial charge on any atom is 0.251 e. The molecule has 0 aromatic heterocycles. The van der Waals surface area contributed by atoms with Gasteiger partial charge in [-0.1, -0.05) is 40.2 Å². The van der Waals surface area contributed by atoms with E-state index in [0.29, 0.717) is 31.6 Å². The molecule has 0 unspecified atom stereocenters. The predicted octanol–water partition coefficient (Wildman–Crippen LogP) is 3.11. The summed E-state index contributed by atoms with van der Waals surface area (Å²) >= 11 is 3.52. The largest absolute Gasteiger partial charge is 0.349 e. The molecule has 0 bridgehead atoms. The first kappa shape index (κ1) is 18.8. The van der Waals surface area contributed by atoms with Gasteiger partial charge in [0.1, 0.15) is 0 Å². The molecule has 7 heteroatoms. The van der Waals surface area contributed by atoms with Crippen molar-refractivity contribution in [2.45, 2.75) is 17.9 Å². The lowest BCUT2D eigenvalue weighted by Crippen LogP contribution is -2.36. The molecule has 1 heterocycles. The Kier molecular flexibility index (Phi) is 5.60. The monoisotopic (exact) mass is 434 g/mol. The van der Waals surface area contributed by atoms with Gasteiger partial charge in [-0.25, -0.2) is 8.42 Å². The molecule has 5 nitrogen and oxygen atoms in total. The highest BCUT2D eigenvalue weighted by Crippen LogP contribution is 2.29. The average Bonchev–Trinajstić information content (AvgIpc) is 2.66. The molecule has 2 aromatic rings. The van der Waals surface area contributed by atoms with Crippen LogP contribution in [0.3, 0.4) is 0 Å². The van der Waals surface area contributed by atoms with E-state index in [1.165, 1.54) is 16.4 Å². The zero-order valence-electron chi connectivity index (χ0n) is 14.1. The highest BCUT2D eigenvalue weighted by molar-refractivity contribution is 9.10. The summed E-state index contributed by atoms with van der Waals surface area (Å²) in [5.74, 6) is -0.324. The number of halogens is 1. The van der Waals surface area contributed by atoms with Crippen LogP contribution in [0.5, 0.6) is 0 Å². The van der Waals surface area contributed by atoms with Gasteiger partial charge in [-0.05, 0) is 41.8 Å². The Morgan fingerprint density at radius 2 is 2.04 bits per heavy atom. The third kappa shape index (κ3) is 3.75. The Labute approximate surface area is 161 Å². The molecule has 26 heavy (non-hydrogen) atoms. The Balaban J connectivity index is 1.87. The van der Waals surface area contributed by atoms with E-state index in [1.807, 2.05) is 18.2 Å². The summed E-state index contributed by atoms with van der Waals surface area (Å²) < 4.78 is 28.5. The molecule has 0 atom stereocenters. The van der Waals surface area contributed by atoms with Gasteiger partial charge in [-0.2, -0.15) is 4.31 Å². The van der Waals surface area contributed by atoms with E-state index < -0.39 is 10.0 Å². The number of carbonyl (C=O) groups is 1. The van der Waals surface area contributed by atoms with Gasteiger partial charge >= 0.3 is 0 Å². The molecule has 1 aliphatic heterocycles. The number of sulfonamides is 1. The highest BCUT2D eigenvalue weighted by Gasteiger charge is 2.29.